The molecule has 0 aliphatic carbocycles. The van der Waals surface area contributed by atoms with E-state index in [0.717, 1.165) is 6.92 Å². The van der Waals surface area contributed by atoms with Crippen molar-refractivity contribution in [2.45, 2.75) is 6.92 Å². The highest BCUT2D eigenvalue weighted by atomic mass is 32.1. The quantitative estimate of drug-likeness (QED) is 0.238. The van der Waals surface area contributed by atoms with Gasteiger partial charge in [-0.3, -0.25) is 9.59 Å². The number of ketones is 2. The topological polar surface area (TPSA) is 104 Å². The maximum atomic E-state index is 10.5. The van der Waals surface area contributed by atoms with E-state index in [0.29, 0.717) is 5.37 Å². The van der Waals surface area contributed by atoms with Crippen LogP contribution in [0.1, 0.15) is 6.92 Å². The minimum atomic E-state index is -1.55. The lowest BCUT2D eigenvalue weighted by molar-refractivity contribution is -0.253. The van der Waals surface area contributed by atoms with Crippen LogP contribution in [0.5, 0.6) is 0 Å². The summed E-state index contributed by atoms with van der Waals surface area (Å²) >= 11 is -0.254. The number of hydrogen-bond acceptors (Lipinski definition) is 7. The van der Waals surface area contributed by atoms with Crippen LogP contribution in [-0.2, 0) is 40.2 Å². The number of carbonyl (C=O) groups excluding carboxylic acids is 4. The Morgan fingerprint density at radius 2 is 1.57 bits per heavy atom. The summed E-state index contributed by atoms with van der Waals surface area (Å²) in [5.41, 5.74) is 0. The molecule has 7 nitrogen and oxygen atoms in total. The van der Waals surface area contributed by atoms with Crippen molar-refractivity contribution in [2.75, 3.05) is 0 Å². The van der Waals surface area contributed by atoms with E-state index in [4.69, 9.17) is 0 Å². The lowest BCUT2D eigenvalue weighted by Crippen LogP contribution is -2.23. The Bertz CT molecular complexity index is 338. The summed E-state index contributed by atoms with van der Waals surface area (Å²) < 4.78 is 9.76. The molecule has 0 N–H and O–H groups in total. The minimum absolute atomic E-state index is 0.254. The van der Waals surface area contributed by atoms with Crippen molar-refractivity contribution in [2.24, 2.45) is 0 Å². The molecule has 8 heteroatoms. The summed E-state index contributed by atoms with van der Waals surface area (Å²) in [5, 5.41) is 0.421. The molecule has 0 bridgehead atoms. The van der Waals surface area contributed by atoms with Gasteiger partial charge in [-0.05, 0) is 0 Å². The fraction of sp³-hybridized carbons (Fsp3) is 0.167. The first-order chi connectivity index (χ1) is 6.49. The number of hydrogen-bond donors (Lipinski definition) is 0. The first-order valence-electron chi connectivity index (χ1n) is 3.08. The van der Waals surface area contributed by atoms with Crippen LogP contribution in [0.3, 0.4) is 0 Å². The van der Waals surface area contributed by atoms with E-state index < -0.39 is 23.5 Å². The number of carbonyl (C=O) groups is 4. The van der Waals surface area contributed by atoms with E-state index in [9.17, 15) is 23.4 Å². The summed E-state index contributed by atoms with van der Waals surface area (Å²) in [6.07, 6.45) is 0. The van der Waals surface area contributed by atoms with Crippen molar-refractivity contribution >= 4 is 40.1 Å². The normalized spacial score (nSPS) is 8.36. The molecule has 0 aromatic heterocycles. The summed E-state index contributed by atoms with van der Waals surface area (Å²) in [7, 11) is 0. The SMILES string of the molecule is CC(=O)C(=O)OOC(=O)C(=O)C=S=O. The Kier molecular flexibility index (Phi) is 5.00. The maximum absolute atomic E-state index is 10.5. The van der Waals surface area contributed by atoms with Crippen LogP contribution in [-0.4, -0.2) is 33.1 Å². The van der Waals surface area contributed by atoms with Crippen molar-refractivity contribution in [3.05, 3.63) is 0 Å². The molecule has 0 radical (unpaired) electrons. The number of rotatable bonds is 3. The molecule has 0 spiro atoms. The van der Waals surface area contributed by atoms with Crippen LogP contribution in [0.25, 0.3) is 0 Å². The molecule has 0 aromatic rings. The van der Waals surface area contributed by atoms with Crippen LogP contribution >= 0.6 is 0 Å². The van der Waals surface area contributed by atoms with Gasteiger partial charge in [0.1, 0.15) is 0 Å². The third-order valence-corrected chi connectivity index (χ3v) is 1.15. The van der Waals surface area contributed by atoms with Crippen LogP contribution in [0.15, 0.2) is 0 Å². The molecule has 14 heavy (non-hydrogen) atoms. The second-order valence-electron chi connectivity index (χ2n) is 1.88. The van der Waals surface area contributed by atoms with E-state index in [1.54, 1.807) is 0 Å². The highest BCUT2D eigenvalue weighted by molar-refractivity contribution is 7.67. The Labute approximate surface area is 81.0 Å². The molecule has 0 rings (SSSR count). The van der Waals surface area contributed by atoms with Crippen LogP contribution < -0.4 is 0 Å². The molecule has 0 amide bonds. The monoisotopic (exact) mass is 220 g/mol. The molecule has 0 fully saturated rings. The van der Waals surface area contributed by atoms with Crippen molar-refractivity contribution in [1.29, 1.82) is 0 Å². The first-order valence-corrected chi connectivity index (χ1v) is 3.89. The molecule has 0 saturated heterocycles. The molecule has 0 saturated carbocycles. The Balaban J connectivity index is 4.10. The standard InChI is InChI=1S/C6H4O7S/c1-3(7)5(9)12-13-6(10)4(8)2-14-11/h2H,1H3. The van der Waals surface area contributed by atoms with E-state index >= 15 is 0 Å². The summed E-state index contributed by atoms with van der Waals surface area (Å²) in [6, 6.07) is 0. The minimum Gasteiger partial charge on any atom is -0.287 e. The predicted molar refractivity (Wildman–Crippen MR) is 42.1 cm³/mol. The molecular formula is C6H4O7S. The van der Waals surface area contributed by atoms with Gasteiger partial charge in [-0.25, -0.2) is 23.6 Å². The fourth-order valence-corrected chi connectivity index (χ4v) is 0.451. The van der Waals surface area contributed by atoms with Crippen LogP contribution in [0, 0.1) is 0 Å². The third kappa shape index (κ3) is 4.26. The van der Waals surface area contributed by atoms with E-state index in [1.807, 2.05) is 0 Å². The van der Waals surface area contributed by atoms with Gasteiger partial charge < -0.3 is 0 Å². The number of Topliss-reactive ketones (excluding diaryl/α,β-unsaturated/α-hetero) is 2. The molecule has 0 aromatic carbocycles. The van der Waals surface area contributed by atoms with Crippen molar-refractivity contribution in [3.63, 3.8) is 0 Å². The largest absolute Gasteiger partial charge is 0.426 e. The van der Waals surface area contributed by atoms with Crippen molar-refractivity contribution in [1.82, 2.24) is 0 Å². The Morgan fingerprint density at radius 3 is 2.00 bits per heavy atom. The fourth-order valence-electron chi connectivity index (χ4n) is 0.267. The lowest BCUT2D eigenvalue weighted by atomic mass is 10.5. The van der Waals surface area contributed by atoms with Gasteiger partial charge in [-0.1, -0.05) is 0 Å². The van der Waals surface area contributed by atoms with E-state index in [2.05, 4.69) is 9.78 Å². The lowest BCUT2D eigenvalue weighted by Gasteiger charge is -1.96. The van der Waals surface area contributed by atoms with E-state index in [1.165, 1.54) is 0 Å². The molecule has 0 atom stereocenters. The predicted octanol–water partition coefficient (Wildman–Crippen LogP) is -1.84. The summed E-state index contributed by atoms with van der Waals surface area (Å²) in [6.45, 7) is 0.887. The molecule has 76 valence electrons. The second-order valence-corrected chi connectivity index (χ2v) is 2.30. The Morgan fingerprint density at radius 1 is 1.07 bits per heavy atom. The van der Waals surface area contributed by atoms with Gasteiger partial charge in [0.05, 0.1) is 16.6 Å². The van der Waals surface area contributed by atoms with Gasteiger partial charge in [-0.2, -0.15) is 0 Å². The maximum Gasteiger partial charge on any atom is 0.426 e. The smallest absolute Gasteiger partial charge is 0.287 e. The molecule has 0 aliphatic heterocycles. The summed E-state index contributed by atoms with van der Waals surface area (Å²) in [5.74, 6) is -5.24. The van der Waals surface area contributed by atoms with Gasteiger partial charge >= 0.3 is 11.9 Å². The van der Waals surface area contributed by atoms with Gasteiger partial charge in [-0.15, -0.1) is 0 Å². The highest BCUT2D eigenvalue weighted by Gasteiger charge is 2.18. The van der Waals surface area contributed by atoms with Gasteiger partial charge in [0.15, 0.2) is 0 Å². The average Bonchev–Trinajstić information content (AvgIpc) is 2.13. The zero-order chi connectivity index (χ0) is 11.1. The van der Waals surface area contributed by atoms with Gasteiger partial charge in [0.25, 0.3) is 5.78 Å². The zero-order valence-corrected chi connectivity index (χ0v) is 7.66. The second kappa shape index (κ2) is 5.75. The molecular weight excluding hydrogens is 216 g/mol. The van der Waals surface area contributed by atoms with Crippen molar-refractivity contribution in [3.8, 4) is 0 Å². The third-order valence-electron chi connectivity index (χ3n) is 0.837. The molecule has 0 unspecified atom stereocenters. The van der Waals surface area contributed by atoms with Gasteiger partial charge in [0, 0.05) is 6.92 Å². The van der Waals surface area contributed by atoms with Gasteiger partial charge in [0.2, 0.25) is 5.78 Å². The summed E-state index contributed by atoms with van der Waals surface area (Å²) in [4.78, 5) is 48.9. The first kappa shape index (κ1) is 12.2. The van der Waals surface area contributed by atoms with Crippen LogP contribution in [0.2, 0.25) is 0 Å². The zero-order valence-electron chi connectivity index (χ0n) is 6.84. The molecule has 0 heterocycles. The van der Waals surface area contributed by atoms with Crippen molar-refractivity contribution < 1.29 is 33.2 Å². The van der Waals surface area contributed by atoms with E-state index in [-0.39, 0.29) is 11.3 Å². The van der Waals surface area contributed by atoms with Crippen LogP contribution in [0.4, 0.5) is 0 Å². The average molecular weight is 220 g/mol. The Hall–Kier alpha value is -1.83. The molecule has 0 aliphatic rings. The highest BCUT2D eigenvalue weighted by Crippen LogP contribution is 1.85.